The third kappa shape index (κ3) is 3.53. The Bertz CT molecular complexity index is 741. The first-order valence-corrected chi connectivity index (χ1v) is 9.40. The summed E-state index contributed by atoms with van der Waals surface area (Å²) in [7, 11) is 0. The number of rotatable bonds is 5. The van der Waals surface area contributed by atoms with Crippen LogP contribution in [0, 0.1) is 0 Å². The van der Waals surface area contributed by atoms with Crippen molar-refractivity contribution in [3.8, 4) is 0 Å². The van der Waals surface area contributed by atoms with Gasteiger partial charge >= 0.3 is 0 Å². The highest BCUT2D eigenvalue weighted by Gasteiger charge is 2.42. The lowest BCUT2D eigenvalue weighted by atomic mass is 9.82. The molecule has 2 heterocycles. The molecule has 136 valence electrons. The quantitative estimate of drug-likeness (QED) is 0.891. The largest absolute Gasteiger partial charge is 0.381 e. The fourth-order valence-electron chi connectivity index (χ4n) is 3.86. The zero-order valence-electron chi connectivity index (χ0n) is 15.2. The molecule has 2 unspecified atom stereocenters. The van der Waals surface area contributed by atoms with Gasteiger partial charge in [0, 0.05) is 13.2 Å². The average molecular weight is 350 g/mol. The monoisotopic (exact) mass is 350 g/mol. The third-order valence-corrected chi connectivity index (χ3v) is 5.35. The van der Waals surface area contributed by atoms with Gasteiger partial charge in [0.05, 0.1) is 11.6 Å². The van der Waals surface area contributed by atoms with Crippen LogP contribution in [0.3, 0.4) is 0 Å². The molecular formula is C22H26N2O2. The molecular weight excluding hydrogens is 324 g/mol. The van der Waals surface area contributed by atoms with Crippen LogP contribution in [0.1, 0.15) is 36.9 Å². The van der Waals surface area contributed by atoms with E-state index in [-0.39, 0.29) is 17.7 Å². The van der Waals surface area contributed by atoms with Crippen molar-refractivity contribution < 1.29 is 9.47 Å². The molecule has 2 aliphatic rings. The maximum Gasteiger partial charge on any atom is 0.124 e. The number of hydrogen-bond donors (Lipinski definition) is 1. The van der Waals surface area contributed by atoms with Crippen LogP contribution >= 0.6 is 0 Å². The zero-order valence-corrected chi connectivity index (χ0v) is 15.2. The van der Waals surface area contributed by atoms with Crippen LogP contribution < -0.4 is 5.32 Å². The standard InChI is InChI=1S/C22H26N2O2/c1-22(18-10-6-3-7-11-18)21(17-8-4-2-5-9-17)23-20(24-22)16-26-19-12-14-25-15-13-19/h2-11,19,21H,12-16H2,1H3,(H,23,24). The maximum absolute atomic E-state index is 6.11. The Balaban J connectivity index is 1.57. The molecule has 26 heavy (non-hydrogen) atoms. The Kier molecular flexibility index (Phi) is 5.05. The summed E-state index contributed by atoms with van der Waals surface area (Å²) in [6.45, 7) is 4.33. The molecule has 0 spiro atoms. The van der Waals surface area contributed by atoms with E-state index < -0.39 is 0 Å². The zero-order chi connectivity index (χ0) is 17.8. The van der Waals surface area contributed by atoms with Crippen LogP contribution in [-0.2, 0) is 15.0 Å². The lowest BCUT2D eigenvalue weighted by Gasteiger charge is -2.32. The molecule has 0 aromatic heterocycles. The predicted octanol–water partition coefficient (Wildman–Crippen LogP) is 3.84. The second-order valence-electron chi connectivity index (χ2n) is 7.21. The molecule has 0 radical (unpaired) electrons. The van der Waals surface area contributed by atoms with E-state index >= 15 is 0 Å². The molecule has 0 bridgehead atoms. The number of benzene rings is 2. The van der Waals surface area contributed by atoms with E-state index in [0.717, 1.165) is 31.9 Å². The first-order valence-electron chi connectivity index (χ1n) is 9.40. The normalized spacial score (nSPS) is 26.3. The molecule has 2 aliphatic heterocycles. The van der Waals surface area contributed by atoms with Crippen LogP contribution in [-0.4, -0.2) is 31.8 Å². The van der Waals surface area contributed by atoms with Gasteiger partial charge in [-0.1, -0.05) is 60.7 Å². The van der Waals surface area contributed by atoms with Gasteiger partial charge in [0.25, 0.3) is 0 Å². The van der Waals surface area contributed by atoms with Crippen molar-refractivity contribution in [2.45, 2.75) is 37.5 Å². The summed E-state index contributed by atoms with van der Waals surface area (Å²) in [4.78, 5) is 5.02. The highest BCUT2D eigenvalue weighted by atomic mass is 16.5. The summed E-state index contributed by atoms with van der Waals surface area (Å²) in [6, 6.07) is 21.1. The predicted molar refractivity (Wildman–Crippen MR) is 103 cm³/mol. The minimum absolute atomic E-state index is 0.0272. The van der Waals surface area contributed by atoms with Crippen molar-refractivity contribution in [1.29, 1.82) is 0 Å². The van der Waals surface area contributed by atoms with E-state index in [2.05, 4.69) is 66.8 Å². The van der Waals surface area contributed by atoms with Crippen molar-refractivity contribution in [2.24, 2.45) is 4.99 Å². The molecule has 2 atom stereocenters. The Hall–Kier alpha value is -2.17. The van der Waals surface area contributed by atoms with Crippen LogP contribution in [0.25, 0.3) is 0 Å². The molecule has 0 saturated carbocycles. The lowest BCUT2D eigenvalue weighted by molar-refractivity contribution is -0.0194. The molecule has 0 amide bonds. The SMILES string of the molecule is CC1(c2ccccc2)NC(COC2CCOCC2)=NC1c1ccccc1. The van der Waals surface area contributed by atoms with Gasteiger partial charge in [0.15, 0.2) is 0 Å². The van der Waals surface area contributed by atoms with Gasteiger partial charge < -0.3 is 14.8 Å². The van der Waals surface area contributed by atoms with E-state index in [4.69, 9.17) is 14.5 Å². The Labute approximate surface area is 155 Å². The number of ether oxygens (including phenoxy) is 2. The van der Waals surface area contributed by atoms with E-state index in [9.17, 15) is 0 Å². The number of nitrogens with zero attached hydrogens (tertiary/aromatic N) is 1. The van der Waals surface area contributed by atoms with Gasteiger partial charge in [-0.2, -0.15) is 0 Å². The lowest BCUT2D eigenvalue weighted by Crippen LogP contribution is -2.43. The molecule has 2 aromatic rings. The van der Waals surface area contributed by atoms with Gasteiger partial charge in [-0.25, -0.2) is 0 Å². The summed E-state index contributed by atoms with van der Waals surface area (Å²) in [6.07, 6.45) is 2.20. The highest BCUT2D eigenvalue weighted by molar-refractivity contribution is 5.87. The Morgan fingerprint density at radius 1 is 1.04 bits per heavy atom. The molecule has 0 aliphatic carbocycles. The summed E-state index contributed by atoms with van der Waals surface area (Å²) in [5, 5.41) is 3.67. The van der Waals surface area contributed by atoms with Crippen LogP contribution in [0.2, 0.25) is 0 Å². The van der Waals surface area contributed by atoms with Gasteiger partial charge in [-0.15, -0.1) is 0 Å². The number of hydrogen-bond acceptors (Lipinski definition) is 4. The van der Waals surface area contributed by atoms with Gasteiger partial charge in [0.2, 0.25) is 0 Å². The second kappa shape index (κ2) is 7.60. The second-order valence-corrected chi connectivity index (χ2v) is 7.21. The van der Waals surface area contributed by atoms with Crippen molar-refractivity contribution in [3.05, 3.63) is 71.8 Å². The average Bonchev–Trinajstić information content (AvgIpc) is 3.06. The van der Waals surface area contributed by atoms with Crippen LogP contribution in [0.15, 0.2) is 65.7 Å². The number of amidine groups is 1. The smallest absolute Gasteiger partial charge is 0.124 e. The first-order chi connectivity index (χ1) is 12.8. The molecule has 4 heteroatoms. The van der Waals surface area contributed by atoms with Crippen molar-refractivity contribution >= 4 is 5.84 Å². The summed E-state index contributed by atoms with van der Waals surface area (Å²) in [5.41, 5.74) is 2.17. The van der Waals surface area contributed by atoms with Crippen molar-refractivity contribution in [3.63, 3.8) is 0 Å². The maximum atomic E-state index is 6.11. The van der Waals surface area contributed by atoms with Crippen molar-refractivity contribution in [1.82, 2.24) is 5.32 Å². The highest BCUT2D eigenvalue weighted by Crippen LogP contribution is 2.41. The molecule has 4 rings (SSSR count). The van der Waals surface area contributed by atoms with Crippen molar-refractivity contribution in [2.75, 3.05) is 19.8 Å². The van der Waals surface area contributed by atoms with Gasteiger partial charge in [0.1, 0.15) is 18.5 Å². The van der Waals surface area contributed by atoms with E-state index in [1.165, 1.54) is 11.1 Å². The summed E-state index contributed by atoms with van der Waals surface area (Å²) < 4.78 is 11.5. The Morgan fingerprint density at radius 2 is 1.69 bits per heavy atom. The van der Waals surface area contributed by atoms with Gasteiger partial charge in [-0.3, -0.25) is 4.99 Å². The molecule has 4 nitrogen and oxygen atoms in total. The minimum Gasteiger partial charge on any atom is -0.381 e. The summed E-state index contributed by atoms with van der Waals surface area (Å²) >= 11 is 0. The van der Waals surface area contributed by atoms with E-state index in [0.29, 0.717) is 6.61 Å². The molecule has 1 saturated heterocycles. The van der Waals surface area contributed by atoms with Crippen LogP contribution in [0.4, 0.5) is 0 Å². The third-order valence-electron chi connectivity index (χ3n) is 5.35. The summed E-state index contributed by atoms with van der Waals surface area (Å²) in [5.74, 6) is 0.927. The molecule has 1 fully saturated rings. The van der Waals surface area contributed by atoms with E-state index in [1.54, 1.807) is 0 Å². The van der Waals surface area contributed by atoms with Crippen LogP contribution in [0.5, 0.6) is 0 Å². The molecule has 1 N–H and O–H groups in total. The topological polar surface area (TPSA) is 42.8 Å². The number of nitrogens with one attached hydrogen (secondary N) is 1. The fourth-order valence-corrected chi connectivity index (χ4v) is 3.86. The first kappa shape index (κ1) is 17.3. The Morgan fingerprint density at radius 3 is 2.38 bits per heavy atom. The number of aliphatic imine (C=N–C) groups is 1. The van der Waals surface area contributed by atoms with Gasteiger partial charge in [-0.05, 0) is 30.9 Å². The molecule has 2 aromatic carbocycles. The minimum atomic E-state index is -0.281. The fraction of sp³-hybridized carbons (Fsp3) is 0.409. The van der Waals surface area contributed by atoms with E-state index in [1.807, 2.05) is 6.07 Å².